The molecule has 1 aliphatic heterocycles. The molecule has 0 radical (unpaired) electrons. The van der Waals surface area contributed by atoms with Crippen LogP contribution in [0.4, 0.5) is 5.69 Å². The summed E-state index contributed by atoms with van der Waals surface area (Å²) in [5.74, 6) is -0.0707. The zero-order valence-corrected chi connectivity index (χ0v) is 19.8. The molecule has 0 aliphatic carbocycles. The van der Waals surface area contributed by atoms with Crippen molar-refractivity contribution in [2.75, 3.05) is 25.0 Å². The van der Waals surface area contributed by atoms with Gasteiger partial charge < -0.3 is 10.1 Å². The van der Waals surface area contributed by atoms with Crippen molar-refractivity contribution in [2.45, 2.75) is 32.9 Å². The molecule has 1 N–H and O–H groups in total. The number of ether oxygens (including phenoxy) is 1. The Morgan fingerprint density at radius 2 is 1.91 bits per heavy atom. The van der Waals surface area contributed by atoms with Crippen LogP contribution in [-0.4, -0.2) is 46.3 Å². The molecule has 6 nitrogen and oxygen atoms in total. The first-order chi connectivity index (χ1) is 15.3. The number of carbonyl (C=O) groups excluding carboxylic acids is 1. The zero-order valence-electron chi connectivity index (χ0n) is 18.3. The molecule has 3 aromatic rings. The first kappa shape index (κ1) is 22.8. The Balaban J connectivity index is 1.47. The van der Waals surface area contributed by atoms with Crippen LogP contribution >= 0.6 is 23.2 Å². The highest BCUT2D eigenvalue weighted by atomic mass is 35.5. The standard InChI is InChI=1S/C24H26Cl2N4O2/c1-15-23(16(2)30(28-15)19-7-5-4-6-8-19)27-24(31)17(3)29-11-12-32-22(14-29)18-9-10-20(25)21(26)13-18/h4-10,13,17,22H,11-12,14H2,1-3H3,(H,27,31). The predicted octanol–water partition coefficient (Wildman–Crippen LogP) is 5.20. The highest BCUT2D eigenvalue weighted by Gasteiger charge is 2.30. The number of halogens is 2. The summed E-state index contributed by atoms with van der Waals surface area (Å²) in [6.45, 7) is 7.58. The maximum absolute atomic E-state index is 13.1. The SMILES string of the molecule is Cc1nn(-c2ccccc2)c(C)c1NC(=O)C(C)N1CCOC(c2ccc(Cl)c(Cl)c2)C1. The van der Waals surface area contributed by atoms with E-state index in [-0.39, 0.29) is 18.1 Å². The predicted molar refractivity (Wildman–Crippen MR) is 128 cm³/mol. The number of rotatable bonds is 5. The lowest BCUT2D eigenvalue weighted by atomic mass is 10.1. The minimum Gasteiger partial charge on any atom is -0.371 e. The van der Waals surface area contributed by atoms with E-state index in [1.165, 1.54) is 0 Å². The van der Waals surface area contributed by atoms with E-state index in [9.17, 15) is 4.79 Å². The fourth-order valence-electron chi connectivity index (χ4n) is 3.97. The number of benzene rings is 2. The van der Waals surface area contributed by atoms with Crippen molar-refractivity contribution >= 4 is 34.8 Å². The summed E-state index contributed by atoms with van der Waals surface area (Å²) in [5.41, 5.74) is 4.33. The van der Waals surface area contributed by atoms with E-state index in [0.29, 0.717) is 29.7 Å². The quantitative estimate of drug-likeness (QED) is 0.554. The third-order valence-electron chi connectivity index (χ3n) is 5.88. The summed E-state index contributed by atoms with van der Waals surface area (Å²) in [7, 11) is 0. The Morgan fingerprint density at radius 1 is 1.16 bits per heavy atom. The van der Waals surface area contributed by atoms with Gasteiger partial charge >= 0.3 is 0 Å². The van der Waals surface area contributed by atoms with Crippen molar-refractivity contribution in [2.24, 2.45) is 0 Å². The molecule has 1 amide bonds. The van der Waals surface area contributed by atoms with Crippen molar-refractivity contribution < 1.29 is 9.53 Å². The molecule has 2 aromatic carbocycles. The number of aryl methyl sites for hydroxylation is 1. The van der Waals surface area contributed by atoms with Gasteiger partial charge in [-0.1, -0.05) is 47.5 Å². The number of anilines is 1. The molecule has 1 fully saturated rings. The fourth-order valence-corrected chi connectivity index (χ4v) is 4.28. The Hall–Kier alpha value is -2.38. The van der Waals surface area contributed by atoms with E-state index >= 15 is 0 Å². The monoisotopic (exact) mass is 472 g/mol. The van der Waals surface area contributed by atoms with Crippen molar-refractivity contribution in [1.82, 2.24) is 14.7 Å². The molecule has 8 heteroatoms. The van der Waals surface area contributed by atoms with Gasteiger partial charge in [0.2, 0.25) is 5.91 Å². The Bertz CT molecular complexity index is 1120. The molecule has 1 aliphatic rings. The topological polar surface area (TPSA) is 59.4 Å². The number of hydrogen-bond acceptors (Lipinski definition) is 4. The van der Waals surface area contributed by atoms with E-state index in [0.717, 1.165) is 28.3 Å². The fraction of sp³-hybridized carbons (Fsp3) is 0.333. The van der Waals surface area contributed by atoms with Gasteiger partial charge in [-0.05, 0) is 50.6 Å². The molecule has 1 saturated heterocycles. The summed E-state index contributed by atoms with van der Waals surface area (Å²) in [6.07, 6.45) is -0.168. The average molecular weight is 473 g/mol. The molecule has 0 spiro atoms. The van der Waals surface area contributed by atoms with Crippen molar-refractivity contribution in [1.29, 1.82) is 0 Å². The number of nitrogens with one attached hydrogen (secondary N) is 1. The van der Waals surface area contributed by atoms with Gasteiger partial charge in [0.1, 0.15) is 0 Å². The van der Waals surface area contributed by atoms with Crippen LogP contribution in [0.15, 0.2) is 48.5 Å². The summed E-state index contributed by atoms with van der Waals surface area (Å²) < 4.78 is 7.79. The summed E-state index contributed by atoms with van der Waals surface area (Å²) >= 11 is 12.2. The number of para-hydroxylation sites is 1. The van der Waals surface area contributed by atoms with Crippen LogP contribution in [0.5, 0.6) is 0 Å². The lowest BCUT2D eigenvalue weighted by Gasteiger charge is -2.36. The second-order valence-electron chi connectivity index (χ2n) is 7.99. The molecule has 168 valence electrons. The van der Waals surface area contributed by atoms with Crippen molar-refractivity contribution in [3.05, 3.63) is 75.5 Å². The van der Waals surface area contributed by atoms with Crippen molar-refractivity contribution in [3.8, 4) is 5.69 Å². The second kappa shape index (κ2) is 9.63. The van der Waals surface area contributed by atoms with Gasteiger partial charge in [-0.2, -0.15) is 5.10 Å². The molecule has 32 heavy (non-hydrogen) atoms. The van der Waals surface area contributed by atoms with Gasteiger partial charge in [-0.25, -0.2) is 4.68 Å². The van der Waals surface area contributed by atoms with Crippen LogP contribution < -0.4 is 5.32 Å². The van der Waals surface area contributed by atoms with Crippen LogP contribution in [0.25, 0.3) is 5.69 Å². The van der Waals surface area contributed by atoms with E-state index in [2.05, 4.69) is 15.3 Å². The van der Waals surface area contributed by atoms with E-state index < -0.39 is 0 Å². The van der Waals surface area contributed by atoms with Crippen molar-refractivity contribution in [3.63, 3.8) is 0 Å². The average Bonchev–Trinajstić information content (AvgIpc) is 3.09. The lowest BCUT2D eigenvalue weighted by Crippen LogP contribution is -2.48. The zero-order chi connectivity index (χ0) is 22.8. The van der Waals surface area contributed by atoms with Crippen LogP contribution in [0, 0.1) is 13.8 Å². The van der Waals surface area contributed by atoms with E-state index in [1.807, 2.05) is 67.9 Å². The minimum absolute atomic E-state index is 0.0707. The molecule has 1 aromatic heterocycles. The van der Waals surface area contributed by atoms with Gasteiger partial charge in [-0.3, -0.25) is 9.69 Å². The number of morpholine rings is 1. The third-order valence-corrected chi connectivity index (χ3v) is 6.62. The highest BCUT2D eigenvalue weighted by Crippen LogP contribution is 2.30. The van der Waals surface area contributed by atoms with Crippen LogP contribution in [-0.2, 0) is 9.53 Å². The van der Waals surface area contributed by atoms with E-state index in [1.54, 1.807) is 6.07 Å². The summed E-state index contributed by atoms with van der Waals surface area (Å²) in [6, 6.07) is 15.1. The molecule has 0 saturated carbocycles. The number of carbonyl (C=O) groups is 1. The largest absolute Gasteiger partial charge is 0.371 e. The summed E-state index contributed by atoms with van der Waals surface area (Å²) in [4.78, 5) is 15.3. The molecular weight excluding hydrogens is 447 g/mol. The first-order valence-electron chi connectivity index (χ1n) is 10.6. The number of amides is 1. The van der Waals surface area contributed by atoms with Crippen LogP contribution in [0.3, 0.4) is 0 Å². The number of aromatic nitrogens is 2. The highest BCUT2D eigenvalue weighted by molar-refractivity contribution is 6.42. The Kier molecular flexibility index (Phi) is 6.86. The smallest absolute Gasteiger partial charge is 0.241 e. The second-order valence-corrected chi connectivity index (χ2v) is 8.80. The van der Waals surface area contributed by atoms with E-state index in [4.69, 9.17) is 27.9 Å². The van der Waals surface area contributed by atoms with Gasteiger partial charge in [0.25, 0.3) is 0 Å². The third kappa shape index (κ3) is 4.69. The summed E-state index contributed by atoms with van der Waals surface area (Å²) in [5, 5.41) is 8.72. The van der Waals surface area contributed by atoms with Gasteiger partial charge in [-0.15, -0.1) is 0 Å². The normalized spacial score (nSPS) is 17.8. The molecule has 2 atom stereocenters. The molecule has 4 rings (SSSR count). The minimum atomic E-state index is -0.331. The molecular formula is C24H26Cl2N4O2. The Morgan fingerprint density at radius 3 is 2.62 bits per heavy atom. The Labute approximate surface area is 198 Å². The molecule has 2 unspecified atom stereocenters. The molecule has 2 heterocycles. The maximum atomic E-state index is 13.1. The molecule has 0 bridgehead atoms. The lowest BCUT2D eigenvalue weighted by molar-refractivity contribution is -0.124. The van der Waals surface area contributed by atoms with Gasteiger partial charge in [0.05, 0.1) is 51.6 Å². The van der Waals surface area contributed by atoms with Crippen LogP contribution in [0.1, 0.15) is 30.0 Å². The number of nitrogens with zero attached hydrogens (tertiary/aromatic N) is 3. The number of hydrogen-bond donors (Lipinski definition) is 1. The van der Waals surface area contributed by atoms with Gasteiger partial charge in [0.15, 0.2) is 0 Å². The first-order valence-corrected chi connectivity index (χ1v) is 11.3. The van der Waals surface area contributed by atoms with Crippen LogP contribution in [0.2, 0.25) is 10.0 Å². The maximum Gasteiger partial charge on any atom is 0.241 e. The van der Waals surface area contributed by atoms with Gasteiger partial charge in [0, 0.05) is 13.1 Å².